The summed E-state index contributed by atoms with van der Waals surface area (Å²) in [7, 11) is 0. The summed E-state index contributed by atoms with van der Waals surface area (Å²) in [5.74, 6) is -0.336. The Bertz CT molecular complexity index is 573. The molecule has 0 spiro atoms. The zero-order valence-electron chi connectivity index (χ0n) is 7.99. The van der Waals surface area contributed by atoms with Gasteiger partial charge in [0.05, 0.1) is 0 Å². The molecule has 2 rings (SSSR count). The molecule has 0 fully saturated rings. The molecular weight excluding hydrogens is 276 g/mol. The van der Waals surface area contributed by atoms with E-state index < -0.39 is 5.91 Å². The molecule has 16 heavy (non-hydrogen) atoms. The molecule has 0 bridgehead atoms. The number of pyridine rings is 1. The first kappa shape index (κ1) is 10.7. The van der Waals surface area contributed by atoms with Crippen LogP contribution in [0.1, 0.15) is 10.6 Å². The smallest absolute Gasteiger partial charge is 0.291 e. The molecule has 0 aliphatic rings. The standard InChI is InChI=1S/C10H7BrN2O3/c11-8-4-3-7(16-8)10(15)13-6-2-1-5-12-9(6)14/h1-5H,(H,12,14)(H,13,15). The van der Waals surface area contributed by atoms with Crippen LogP contribution in [0.4, 0.5) is 5.69 Å². The van der Waals surface area contributed by atoms with E-state index in [9.17, 15) is 9.59 Å². The Morgan fingerprint density at radius 1 is 1.38 bits per heavy atom. The molecule has 2 aromatic rings. The van der Waals surface area contributed by atoms with Crippen LogP contribution in [0.25, 0.3) is 0 Å². The molecule has 0 unspecified atom stereocenters. The Morgan fingerprint density at radius 3 is 2.81 bits per heavy atom. The monoisotopic (exact) mass is 282 g/mol. The Hall–Kier alpha value is -1.82. The number of aromatic nitrogens is 1. The molecule has 0 atom stereocenters. The van der Waals surface area contributed by atoms with Crippen LogP contribution in [0.2, 0.25) is 0 Å². The maximum atomic E-state index is 11.6. The first-order chi connectivity index (χ1) is 7.66. The van der Waals surface area contributed by atoms with Crippen LogP contribution >= 0.6 is 15.9 Å². The molecule has 6 heteroatoms. The van der Waals surface area contributed by atoms with E-state index in [1.807, 2.05) is 0 Å². The van der Waals surface area contributed by atoms with Gasteiger partial charge >= 0.3 is 0 Å². The predicted octanol–water partition coefficient (Wildman–Crippen LogP) is 1.98. The second-order valence-corrected chi connectivity index (χ2v) is 3.75. The molecule has 5 nitrogen and oxygen atoms in total. The Kier molecular flexibility index (Phi) is 2.91. The topological polar surface area (TPSA) is 75.1 Å². The molecule has 1 amide bonds. The molecule has 2 aromatic heterocycles. The molecule has 0 radical (unpaired) electrons. The Labute approximate surface area is 98.6 Å². The van der Waals surface area contributed by atoms with E-state index in [-0.39, 0.29) is 17.0 Å². The van der Waals surface area contributed by atoms with Crippen molar-refractivity contribution in [3.05, 3.63) is 51.2 Å². The number of furan rings is 1. The van der Waals surface area contributed by atoms with E-state index in [2.05, 4.69) is 26.2 Å². The van der Waals surface area contributed by atoms with Crippen molar-refractivity contribution in [2.24, 2.45) is 0 Å². The number of H-pyrrole nitrogens is 1. The van der Waals surface area contributed by atoms with Crippen molar-refractivity contribution in [1.82, 2.24) is 4.98 Å². The minimum atomic E-state index is -0.470. The Morgan fingerprint density at radius 2 is 2.19 bits per heavy atom. The maximum Gasteiger partial charge on any atom is 0.291 e. The highest BCUT2D eigenvalue weighted by molar-refractivity contribution is 9.10. The van der Waals surface area contributed by atoms with Crippen LogP contribution in [-0.4, -0.2) is 10.9 Å². The maximum absolute atomic E-state index is 11.6. The number of nitrogens with one attached hydrogen (secondary N) is 2. The Balaban J connectivity index is 2.20. The summed E-state index contributed by atoms with van der Waals surface area (Å²) in [5, 5.41) is 2.44. The van der Waals surface area contributed by atoms with E-state index in [1.54, 1.807) is 12.1 Å². The van der Waals surface area contributed by atoms with Crippen molar-refractivity contribution in [2.75, 3.05) is 5.32 Å². The lowest BCUT2D eigenvalue weighted by Crippen LogP contribution is -2.18. The number of rotatable bonds is 2. The molecular formula is C10H7BrN2O3. The summed E-state index contributed by atoms with van der Waals surface area (Å²) in [4.78, 5) is 25.3. The van der Waals surface area contributed by atoms with E-state index in [4.69, 9.17) is 4.42 Å². The van der Waals surface area contributed by atoms with Crippen LogP contribution in [0.3, 0.4) is 0 Å². The lowest BCUT2D eigenvalue weighted by Gasteiger charge is -2.00. The van der Waals surface area contributed by atoms with Gasteiger partial charge in [0.25, 0.3) is 11.5 Å². The number of halogens is 1. The zero-order valence-corrected chi connectivity index (χ0v) is 9.58. The number of amides is 1. The zero-order chi connectivity index (χ0) is 11.5. The van der Waals surface area contributed by atoms with Crippen LogP contribution in [-0.2, 0) is 0 Å². The van der Waals surface area contributed by atoms with Gasteiger partial charge in [-0.2, -0.15) is 0 Å². The second-order valence-electron chi connectivity index (χ2n) is 2.97. The van der Waals surface area contributed by atoms with Crippen molar-refractivity contribution < 1.29 is 9.21 Å². The minimum Gasteiger partial charge on any atom is -0.444 e. The molecule has 0 saturated heterocycles. The third kappa shape index (κ3) is 2.22. The van der Waals surface area contributed by atoms with Gasteiger partial charge in [-0.15, -0.1) is 0 Å². The molecule has 0 aliphatic carbocycles. The van der Waals surface area contributed by atoms with Gasteiger partial charge in [0.2, 0.25) is 0 Å². The third-order valence-corrected chi connectivity index (χ3v) is 2.29. The SMILES string of the molecule is O=C(Nc1ccc[nH]c1=O)c1ccc(Br)o1. The molecule has 82 valence electrons. The summed E-state index contributed by atoms with van der Waals surface area (Å²) in [6, 6.07) is 6.24. The van der Waals surface area contributed by atoms with Gasteiger partial charge in [-0.05, 0) is 40.2 Å². The number of carbonyl (C=O) groups excluding carboxylic acids is 1. The third-order valence-electron chi connectivity index (χ3n) is 1.86. The summed E-state index contributed by atoms with van der Waals surface area (Å²) in [5.41, 5.74) is -0.179. The second kappa shape index (κ2) is 4.36. The van der Waals surface area contributed by atoms with Crippen LogP contribution in [0, 0.1) is 0 Å². The van der Waals surface area contributed by atoms with E-state index >= 15 is 0 Å². The highest BCUT2D eigenvalue weighted by Gasteiger charge is 2.11. The largest absolute Gasteiger partial charge is 0.444 e. The van der Waals surface area contributed by atoms with E-state index in [0.717, 1.165) is 0 Å². The molecule has 2 heterocycles. The fourth-order valence-electron chi connectivity index (χ4n) is 1.14. The van der Waals surface area contributed by atoms with Crippen molar-refractivity contribution in [3.8, 4) is 0 Å². The lowest BCUT2D eigenvalue weighted by atomic mass is 10.3. The average molecular weight is 283 g/mol. The normalized spacial score (nSPS) is 10.1. The highest BCUT2D eigenvalue weighted by Crippen LogP contribution is 2.14. The number of carbonyl (C=O) groups is 1. The fourth-order valence-corrected chi connectivity index (χ4v) is 1.45. The first-order valence-electron chi connectivity index (χ1n) is 4.41. The minimum absolute atomic E-state index is 0.134. The van der Waals surface area contributed by atoms with Gasteiger partial charge in [-0.1, -0.05) is 0 Å². The average Bonchev–Trinajstić information content (AvgIpc) is 2.68. The number of anilines is 1. The van der Waals surface area contributed by atoms with E-state index in [1.165, 1.54) is 18.3 Å². The van der Waals surface area contributed by atoms with Crippen LogP contribution < -0.4 is 10.9 Å². The van der Waals surface area contributed by atoms with Crippen molar-refractivity contribution >= 4 is 27.5 Å². The van der Waals surface area contributed by atoms with Gasteiger partial charge < -0.3 is 14.7 Å². The van der Waals surface area contributed by atoms with Gasteiger partial charge in [0.1, 0.15) is 5.69 Å². The van der Waals surface area contributed by atoms with Crippen molar-refractivity contribution in [2.45, 2.75) is 0 Å². The highest BCUT2D eigenvalue weighted by atomic mass is 79.9. The van der Waals surface area contributed by atoms with Crippen molar-refractivity contribution in [1.29, 1.82) is 0 Å². The van der Waals surface area contributed by atoms with E-state index in [0.29, 0.717) is 4.67 Å². The quantitative estimate of drug-likeness (QED) is 0.884. The van der Waals surface area contributed by atoms with Crippen LogP contribution in [0.5, 0.6) is 0 Å². The summed E-state index contributed by atoms with van der Waals surface area (Å²) < 4.78 is 5.51. The lowest BCUT2D eigenvalue weighted by molar-refractivity contribution is 0.0995. The first-order valence-corrected chi connectivity index (χ1v) is 5.20. The molecule has 0 saturated carbocycles. The van der Waals surface area contributed by atoms with Gasteiger partial charge in [0.15, 0.2) is 10.4 Å². The molecule has 0 aliphatic heterocycles. The number of aromatic amines is 1. The van der Waals surface area contributed by atoms with Crippen LogP contribution in [0.15, 0.2) is 44.3 Å². The predicted molar refractivity (Wildman–Crippen MR) is 61.4 cm³/mol. The molecule has 2 N–H and O–H groups in total. The summed E-state index contributed by atoms with van der Waals surface area (Å²) >= 11 is 3.09. The van der Waals surface area contributed by atoms with Gasteiger partial charge in [-0.25, -0.2) is 0 Å². The van der Waals surface area contributed by atoms with Crippen molar-refractivity contribution in [3.63, 3.8) is 0 Å². The van der Waals surface area contributed by atoms with Gasteiger partial charge in [-0.3, -0.25) is 9.59 Å². The fraction of sp³-hybridized carbons (Fsp3) is 0. The molecule has 0 aromatic carbocycles. The van der Waals surface area contributed by atoms with Gasteiger partial charge in [0, 0.05) is 6.20 Å². The number of hydrogen-bond acceptors (Lipinski definition) is 3. The summed E-state index contributed by atoms with van der Waals surface area (Å²) in [6.45, 7) is 0. The summed E-state index contributed by atoms with van der Waals surface area (Å²) in [6.07, 6.45) is 1.49. The number of hydrogen-bond donors (Lipinski definition) is 2.